The number of carbonyl (C=O) groups is 3. The minimum atomic E-state index is -0.342. The van der Waals surface area contributed by atoms with Gasteiger partial charge in [0.2, 0.25) is 5.91 Å². The molecule has 1 saturated heterocycles. The lowest BCUT2D eigenvalue weighted by Gasteiger charge is -2.22. The number of aryl methyl sites for hydroxylation is 2. The van der Waals surface area contributed by atoms with Gasteiger partial charge in [0.25, 0.3) is 5.91 Å². The Morgan fingerprint density at radius 2 is 1.89 bits per heavy atom. The van der Waals surface area contributed by atoms with Gasteiger partial charge in [0.05, 0.1) is 11.1 Å². The third-order valence-electron chi connectivity index (χ3n) is 5.36. The molecule has 0 saturated carbocycles. The van der Waals surface area contributed by atoms with Crippen molar-refractivity contribution in [3.63, 3.8) is 0 Å². The van der Waals surface area contributed by atoms with Gasteiger partial charge in [-0.1, -0.05) is 0 Å². The maximum Gasteiger partial charge on any atom is 0.259 e. The molecule has 0 radical (unpaired) electrons. The van der Waals surface area contributed by atoms with E-state index in [-0.39, 0.29) is 23.6 Å². The number of rotatable bonds is 3. The van der Waals surface area contributed by atoms with Crippen molar-refractivity contribution in [1.82, 2.24) is 0 Å². The van der Waals surface area contributed by atoms with Crippen LogP contribution in [0.1, 0.15) is 64.8 Å². The van der Waals surface area contributed by atoms with Crippen LogP contribution in [-0.4, -0.2) is 23.6 Å². The number of furan rings is 1. The molecule has 2 aliphatic rings. The summed E-state index contributed by atoms with van der Waals surface area (Å²) in [5, 5.41) is 2.84. The molecule has 140 valence electrons. The highest BCUT2D eigenvalue weighted by Gasteiger charge is 2.31. The summed E-state index contributed by atoms with van der Waals surface area (Å²) >= 11 is 0. The van der Waals surface area contributed by atoms with Crippen LogP contribution in [0.4, 0.5) is 11.4 Å². The van der Waals surface area contributed by atoms with Crippen molar-refractivity contribution in [3.8, 4) is 0 Å². The topological polar surface area (TPSA) is 79.6 Å². The van der Waals surface area contributed by atoms with Gasteiger partial charge in [-0.2, -0.15) is 0 Å². The maximum atomic E-state index is 12.8. The summed E-state index contributed by atoms with van der Waals surface area (Å²) in [5.41, 5.74) is 2.21. The minimum Gasteiger partial charge on any atom is -0.465 e. The summed E-state index contributed by atoms with van der Waals surface area (Å²) in [6, 6.07) is 7.39. The fourth-order valence-electron chi connectivity index (χ4n) is 4.01. The Hall–Kier alpha value is -2.89. The van der Waals surface area contributed by atoms with Crippen molar-refractivity contribution < 1.29 is 18.8 Å². The van der Waals surface area contributed by atoms with E-state index in [9.17, 15) is 14.4 Å². The van der Waals surface area contributed by atoms with Crippen molar-refractivity contribution in [1.29, 1.82) is 0 Å². The zero-order chi connectivity index (χ0) is 19.1. The first-order valence-electron chi connectivity index (χ1n) is 9.34. The monoisotopic (exact) mass is 366 g/mol. The van der Waals surface area contributed by atoms with Crippen molar-refractivity contribution >= 4 is 29.0 Å². The number of hydrogen-bond acceptors (Lipinski definition) is 4. The third kappa shape index (κ3) is 3.05. The number of ketones is 1. The number of benzene rings is 1. The number of hydrogen-bond donors (Lipinski definition) is 1. The van der Waals surface area contributed by atoms with E-state index in [1.807, 2.05) is 19.1 Å². The molecule has 27 heavy (non-hydrogen) atoms. The summed E-state index contributed by atoms with van der Waals surface area (Å²) in [6.45, 7) is 3.74. The van der Waals surface area contributed by atoms with Crippen LogP contribution in [0, 0.1) is 6.92 Å². The lowest BCUT2D eigenvalue weighted by molar-refractivity contribution is -0.117. The molecule has 6 heteroatoms. The third-order valence-corrected chi connectivity index (χ3v) is 5.36. The molecule has 2 amide bonds. The van der Waals surface area contributed by atoms with E-state index < -0.39 is 0 Å². The van der Waals surface area contributed by atoms with E-state index in [1.165, 1.54) is 0 Å². The summed E-state index contributed by atoms with van der Waals surface area (Å²) in [7, 11) is 0. The minimum absolute atomic E-state index is 0.0323. The van der Waals surface area contributed by atoms with E-state index in [0.29, 0.717) is 47.6 Å². The van der Waals surface area contributed by atoms with Crippen LogP contribution in [0.3, 0.4) is 0 Å². The first-order valence-corrected chi connectivity index (χ1v) is 9.34. The van der Waals surface area contributed by atoms with E-state index >= 15 is 0 Å². The van der Waals surface area contributed by atoms with Gasteiger partial charge < -0.3 is 14.6 Å². The molecular weight excluding hydrogens is 344 g/mol. The van der Waals surface area contributed by atoms with Gasteiger partial charge >= 0.3 is 0 Å². The van der Waals surface area contributed by atoms with Crippen molar-refractivity contribution in [3.05, 3.63) is 46.9 Å². The smallest absolute Gasteiger partial charge is 0.259 e. The van der Waals surface area contributed by atoms with Crippen LogP contribution >= 0.6 is 0 Å². The van der Waals surface area contributed by atoms with Crippen LogP contribution in [0.5, 0.6) is 0 Å². The quantitative estimate of drug-likeness (QED) is 0.894. The normalized spacial score (nSPS) is 19.3. The predicted octanol–water partition coefficient (Wildman–Crippen LogP) is 3.87. The van der Waals surface area contributed by atoms with Gasteiger partial charge in [0.1, 0.15) is 11.5 Å². The highest BCUT2D eigenvalue weighted by atomic mass is 16.3. The second-order valence-electron chi connectivity index (χ2n) is 7.26. The molecule has 1 aromatic heterocycles. The van der Waals surface area contributed by atoms with E-state index in [2.05, 4.69) is 5.32 Å². The molecular formula is C21H22N2O4. The van der Waals surface area contributed by atoms with Gasteiger partial charge in [-0.25, -0.2) is 0 Å². The van der Waals surface area contributed by atoms with Crippen LogP contribution in [0.25, 0.3) is 0 Å². The molecule has 6 nitrogen and oxygen atoms in total. The molecule has 1 aliphatic carbocycles. The number of nitrogens with one attached hydrogen (secondary N) is 1. The average molecular weight is 366 g/mol. The van der Waals surface area contributed by atoms with Gasteiger partial charge in [0.15, 0.2) is 5.78 Å². The Morgan fingerprint density at radius 1 is 1.15 bits per heavy atom. The first-order chi connectivity index (χ1) is 13.0. The maximum absolute atomic E-state index is 12.8. The number of Topliss-reactive ketones (excluding diaryl/α,β-unsaturated/α-hetero) is 1. The molecule has 4 rings (SSSR count). The SMILES string of the molecule is Cc1oc2c(c1C(=O)Nc1ccc(N3C(=O)CCC3C)cc1)C(=O)CCC2. The molecule has 0 spiro atoms. The van der Waals surface area contributed by atoms with E-state index in [1.54, 1.807) is 24.0 Å². The summed E-state index contributed by atoms with van der Waals surface area (Å²) < 4.78 is 5.65. The second kappa shape index (κ2) is 6.68. The first kappa shape index (κ1) is 17.5. The highest BCUT2D eigenvalue weighted by Crippen LogP contribution is 2.31. The molecule has 2 heterocycles. The molecule has 1 unspecified atom stereocenters. The Kier molecular flexibility index (Phi) is 4.34. The summed E-state index contributed by atoms with van der Waals surface area (Å²) in [4.78, 5) is 38.8. The summed E-state index contributed by atoms with van der Waals surface area (Å²) in [5.74, 6) is 0.839. The fraction of sp³-hybridized carbons (Fsp3) is 0.381. The standard InChI is InChI=1S/C21H22N2O4/c1-12-6-11-18(25)23(12)15-9-7-14(8-10-15)22-21(26)19-13(2)27-17-5-3-4-16(24)20(17)19/h7-10,12H,3-6,11H2,1-2H3,(H,22,26). The van der Waals surface area contributed by atoms with Crippen LogP contribution in [0.2, 0.25) is 0 Å². The molecule has 0 bridgehead atoms. The second-order valence-corrected chi connectivity index (χ2v) is 7.26. The lowest BCUT2D eigenvalue weighted by Crippen LogP contribution is -2.30. The summed E-state index contributed by atoms with van der Waals surface area (Å²) in [6.07, 6.45) is 3.32. The van der Waals surface area contributed by atoms with Gasteiger partial charge in [-0.15, -0.1) is 0 Å². The molecule has 1 fully saturated rings. The fourth-order valence-corrected chi connectivity index (χ4v) is 4.01. The number of anilines is 2. The number of fused-ring (bicyclic) bond motifs is 1. The number of carbonyl (C=O) groups excluding carboxylic acids is 3. The van der Waals surface area contributed by atoms with Crippen LogP contribution in [-0.2, 0) is 11.2 Å². The van der Waals surface area contributed by atoms with E-state index in [4.69, 9.17) is 4.42 Å². The molecule has 1 N–H and O–H groups in total. The Labute approximate surface area is 157 Å². The molecule has 2 aromatic rings. The predicted molar refractivity (Wildman–Crippen MR) is 101 cm³/mol. The lowest BCUT2D eigenvalue weighted by atomic mass is 9.93. The highest BCUT2D eigenvalue weighted by molar-refractivity contribution is 6.14. The molecule has 1 aliphatic heterocycles. The number of nitrogens with zero attached hydrogens (tertiary/aromatic N) is 1. The van der Waals surface area contributed by atoms with Crippen molar-refractivity contribution in [2.75, 3.05) is 10.2 Å². The zero-order valence-electron chi connectivity index (χ0n) is 15.5. The zero-order valence-corrected chi connectivity index (χ0v) is 15.5. The largest absolute Gasteiger partial charge is 0.465 e. The molecule has 1 aromatic carbocycles. The average Bonchev–Trinajstić information content (AvgIpc) is 3.15. The Morgan fingerprint density at radius 3 is 2.56 bits per heavy atom. The van der Waals surface area contributed by atoms with E-state index in [0.717, 1.165) is 18.5 Å². The Bertz CT molecular complexity index is 926. The molecule has 1 atom stereocenters. The van der Waals surface area contributed by atoms with Gasteiger partial charge in [-0.3, -0.25) is 14.4 Å². The van der Waals surface area contributed by atoms with Crippen molar-refractivity contribution in [2.45, 2.75) is 52.0 Å². The van der Waals surface area contributed by atoms with Crippen LogP contribution in [0.15, 0.2) is 28.7 Å². The van der Waals surface area contributed by atoms with Gasteiger partial charge in [0, 0.05) is 36.7 Å². The number of amides is 2. The van der Waals surface area contributed by atoms with Gasteiger partial charge in [-0.05, 0) is 51.0 Å². The van der Waals surface area contributed by atoms with Crippen LogP contribution < -0.4 is 10.2 Å². The van der Waals surface area contributed by atoms with Crippen molar-refractivity contribution in [2.24, 2.45) is 0 Å². The Balaban J connectivity index is 1.55.